The van der Waals surface area contributed by atoms with Crippen molar-refractivity contribution in [2.24, 2.45) is 11.8 Å². The van der Waals surface area contributed by atoms with Gasteiger partial charge in [-0.2, -0.15) is 0 Å². The molecular weight excluding hydrogens is 266 g/mol. The van der Waals surface area contributed by atoms with Crippen molar-refractivity contribution in [2.75, 3.05) is 39.8 Å². The molecule has 0 spiro atoms. The van der Waals surface area contributed by atoms with E-state index in [-0.39, 0.29) is 30.1 Å². The molecular formula is C13H24ClN3O2. The molecule has 110 valence electrons. The van der Waals surface area contributed by atoms with Crippen molar-refractivity contribution < 1.29 is 9.59 Å². The van der Waals surface area contributed by atoms with Crippen molar-refractivity contribution in [1.29, 1.82) is 0 Å². The summed E-state index contributed by atoms with van der Waals surface area (Å²) in [6.45, 7) is 5.95. The first-order chi connectivity index (χ1) is 8.65. The molecule has 5 nitrogen and oxygen atoms in total. The van der Waals surface area contributed by atoms with Gasteiger partial charge in [-0.05, 0) is 32.9 Å². The van der Waals surface area contributed by atoms with Gasteiger partial charge in [-0.25, -0.2) is 0 Å². The lowest BCUT2D eigenvalue weighted by Gasteiger charge is -2.20. The average molecular weight is 290 g/mol. The monoisotopic (exact) mass is 289 g/mol. The number of nitrogens with zero attached hydrogens (tertiary/aromatic N) is 2. The summed E-state index contributed by atoms with van der Waals surface area (Å²) in [7, 11) is 1.94. The maximum absolute atomic E-state index is 12.3. The molecule has 2 heterocycles. The Hall–Kier alpha value is -0.810. The van der Waals surface area contributed by atoms with Crippen LogP contribution in [0.2, 0.25) is 0 Å². The minimum atomic E-state index is -0.106. The maximum Gasteiger partial charge on any atom is 0.228 e. The van der Waals surface area contributed by atoms with Gasteiger partial charge in [-0.15, -0.1) is 12.4 Å². The van der Waals surface area contributed by atoms with E-state index in [0.29, 0.717) is 25.4 Å². The van der Waals surface area contributed by atoms with Gasteiger partial charge in [0.1, 0.15) is 0 Å². The number of rotatable bonds is 4. The number of hydrogen-bond donors (Lipinski definition) is 1. The molecule has 2 rings (SSSR count). The first-order valence-electron chi connectivity index (χ1n) is 6.86. The van der Waals surface area contributed by atoms with E-state index in [9.17, 15) is 9.59 Å². The van der Waals surface area contributed by atoms with Crippen LogP contribution in [0.4, 0.5) is 0 Å². The summed E-state index contributed by atoms with van der Waals surface area (Å²) in [5.41, 5.74) is 0. The lowest BCUT2D eigenvalue weighted by atomic mass is 10.1. The Morgan fingerprint density at radius 3 is 2.74 bits per heavy atom. The van der Waals surface area contributed by atoms with Crippen molar-refractivity contribution in [3.05, 3.63) is 0 Å². The van der Waals surface area contributed by atoms with Crippen LogP contribution < -0.4 is 5.32 Å². The molecule has 2 aliphatic heterocycles. The largest absolute Gasteiger partial charge is 0.342 e. The molecule has 0 aromatic carbocycles. The molecule has 2 atom stereocenters. The molecule has 0 bridgehead atoms. The lowest BCUT2D eigenvalue weighted by Crippen LogP contribution is -2.36. The number of nitrogens with one attached hydrogen (secondary N) is 1. The first kappa shape index (κ1) is 16.2. The fourth-order valence-electron chi connectivity index (χ4n) is 2.99. The van der Waals surface area contributed by atoms with Gasteiger partial charge in [0.25, 0.3) is 0 Å². The minimum absolute atomic E-state index is 0. The highest BCUT2D eigenvalue weighted by molar-refractivity contribution is 5.89. The van der Waals surface area contributed by atoms with Gasteiger partial charge < -0.3 is 15.1 Å². The fourth-order valence-corrected chi connectivity index (χ4v) is 2.99. The highest BCUT2D eigenvalue weighted by Crippen LogP contribution is 2.23. The van der Waals surface area contributed by atoms with Crippen LogP contribution in [0.1, 0.15) is 19.8 Å². The first-order valence-corrected chi connectivity index (χ1v) is 6.86. The molecule has 1 N–H and O–H groups in total. The molecule has 0 aromatic heterocycles. The van der Waals surface area contributed by atoms with Gasteiger partial charge in [0, 0.05) is 32.6 Å². The lowest BCUT2D eigenvalue weighted by molar-refractivity contribution is -0.135. The van der Waals surface area contributed by atoms with Crippen LogP contribution in [-0.2, 0) is 9.59 Å². The van der Waals surface area contributed by atoms with E-state index in [4.69, 9.17) is 0 Å². The number of halogens is 1. The van der Waals surface area contributed by atoms with Crippen LogP contribution in [0.5, 0.6) is 0 Å². The molecule has 6 heteroatoms. The summed E-state index contributed by atoms with van der Waals surface area (Å²) < 4.78 is 0. The van der Waals surface area contributed by atoms with Crippen LogP contribution in [0.15, 0.2) is 0 Å². The number of carbonyl (C=O) groups excluding carboxylic acids is 2. The van der Waals surface area contributed by atoms with Crippen LogP contribution in [-0.4, -0.2) is 61.4 Å². The Bertz CT molecular complexity index is 338. The smallest absolute Gasteiger partial charge is 0.228 e. The predicted octanol–water partition coefficient (Wildman–Crippen LogP) is 0.345. The number of likely N-dealkylation sites (tertiary alicyclic amines) is 2. The number of amides is 2. The van der Waals surface area contributed by atoms with Gasteiger partial charge in [0.15, 0.2) is 0 Å². The van der Waals surface area contributed by atoms with Crippen molar-refractivity contribution in [3.63, 3.8) is 0 Å². The van der Waals surface area contributed by atoms with Crippen LogP contribution in [0, 0.1) is 11.8 Å². The second-order valence-electron chi connectivity index (χ2n) is 5.33. The molecule has 2 saturated heterocycles. The Morgan fingerprint density at radius 2 is 2.16 bits per heavy atom. The number of carbonyl (C=O) groups is 2. The summed E-state index contributed by atoms with van der Waals surface area (Å²) in [4.78, 5) is 27.7. The molecule has 0 aromatic rings. The molecule has 0 saturated carbocycles. The van der Waals surface area contributed by atoms with E-state index in [0.717, 1.165) is 26.1 Å². The van der Waals surface area contributed by atoms with Crippen LogP contribution in [0.3, 0.4) is 0 Å². The zero-order chi connectivity index (χ0) is 13.1. The molecule has 2 aliphatic rings. The third-order valence-corrected chi connectivity index (χ3v) is 4.04. The summed E-state index contributed by atoms with van der Waals surface area (Å²) in [5.74, 6) is 0.767. The quantitative estimate of drug-likeness (QED) is 0.812. The van der Waals surface area contributed by atoms with Crippen molar-refractivity contribution >= 4 is 24.2 Å². The Balaban J connectivity index is 0.00000180. The highest BCUT2D eigenvalue weighted by Gasteiger charge is 2.37. The van der Waals surface area contributed by atoms with E-state index in [1.165, 1.54) is 0 Å². The maximum atomic E-state index is 12.3. The zero-order valence-electron chi connectivity index (χ0n) is 11.7. The van der Waals surface area contributed by atoms with E-state index in [1.807, 2.05) is 18.9 Å². The van der Waals surface area contributed by atoms with E-state index in [1.54, 1.807) is 4.90 Å². The molecule has 2 amide bonds. The average Bonchev–Trinajstić information content (AvgIpc) is 2.95. The third-order valence-electron chi connectivity index (χ3n) is 4.04. The summed E-state index contributed by atoms with van der Waals surface area (Å²) >= 11 is 0. The van der Waals surface area contributed by atoms with Gasteiger partial charge in [-0.1, -0.05) is 0 Å². The van der Waals surface area contributed by atoms with Gasteiger partial charge in [0.05, 0.1) is 5.92 Å². The van der Waals surface area contributed by atoms with Crippen molar-refractivity contribution in [1.82, 2.24) is 15.1 Å². The Labute approximate surface area is 121 Å². The second-order valence-corrected chi connectivity index (χ2v) is 5.33. The topological polar surface area (TPSA) is 52.7 Å². The molecule has 19 heavy (non-hydrogen) atoms. The second kappa shape index (κ2) is 7.10. The number of hydrogen-bond acceptors (Lipinski definition) is 3. The fraction of sp³-hybridized carbons (Fsp3) is 0.846. The van der Waals surface area contributed by atoms with Crippen LogP contribution >= 0.6 is 12.4 Å². The van der Waals surface area contributed by atoms with E-state index in [2.05, 4.69) is 5.32 Å². The van der Waals surface area contributed by atoms with E-state index >= 15 is 0 Å². The molecule has 0 radical (unpaired) electrons. The summed E-state index contributed by atoms with van der Waals surface area (Å²) in [6, 6.07) is 0. The normalized spacial score (nSPS) is 26.7. The van der Waals surface area contributed by atoms with Gasteiger partial charge in [0.2, 0.25) is 11.8 Å². The molecule has 2 fully saturated rings. The highest BCUT2D eigenvalue weighted by atomic mass is 35.5. The molecule has 2 unspecified atom stereocenters. The Kier molecular flexibility index (Phi) is 6.07. The summed E-state index contributed by atoms with van der Waals surface area (Å²) in [5, 5.41) is 3.16. The van der Waals surface area contributed by atoms with Crippen LogP contribution in [0.25, 0.3) is 0 Å². The Morgan fingerprint density at radius 1 is 1.42 bits per heavy atom. The van der Waals surface area contributed by atoms with E-state index < -0.39 is 0 Å². The predicted molar refractivity (Wildman–Crippen MR) is 76.2 cm³/mol. The SMILES string of the molecule is CCN1CC(C(=O)N2CCC(CNC)C2)CC1=O.Cl. The molecule has 0 aliphatic carbocycles. The van der Waals surface area contributed by atoms with Gasteiger partial charge >= 0.3 is 0 Å². The minimum Gasteiger partial charge on any atom is -0.342 e. The summed E-state index contributed by atoms with van der Waals surface area (Å²) in [6.07, 6.45) is 1.48. The van der Waals surface area contributed by atoms with Gasteiger partial charge in [-0.3, -0.25) is 9.59 Å². The van der Waals surface area contributed by atoms with Crippen molar-refractivity contribution in [3.8, 4) is 0 Å². The third kappa shape index (κ3) is 3.60. The van der Waals surface area contributed by atoms with Crippen molar-refractivity contribution in [2.45, 2.75) is 19.8 Å². The zero-order valence-corrected chi connectivity index (χ0v) is 12.5. The standard InChI is InChI=1S/C13H23N3O2.ClH/c1-3-15-9-11(6-12(15)17)13(18)16-5-4-10(8-16)7-14-2;/h10-11,14H,3-9H2,1-2H3;1H.